The van der Waals surface area contributed by atoms with Gasteiger partial charge >= 0.3 is 5.97 Å². The molecule has 2 heterocycles. The molecule has 1 aromatic carbocycles. The molecule has 8 nitrogen and oxygen atoms in total. The molecule has 0 radical (unpaired) electrons. The smallest absolute Gasteiger partial charge is 0.338 e. The largest absolute Gasteiger partial charge is 0.462 e. The van der Waals surface area contributed by atoms with Crippen molar-refractivity contribution in [2.45, 2.75) is 37.6 Å². The number of imidazole rings is 1. The Balaban J connectivity index is 1.70. The molecular weight excluding hydrogens is 394 g/mol. The summed E-state index contributed by atoms with van der Waals surface area (Å²) >= 11 is 1.37. The number of benzene rings is 1. The van der Waals surface area contributed by atoms with E-state index in [0.717, 1.165) is 25.0 Å². The SMILES string of the molecule is CCOC(=O)c1ccc2c(c1)nc(SCC(=O)NCC1CCCO1)n2CCOC. The van der Waals surface area contributed by atoms with Crippen LogP contribution in [0, 0.1) is 0 Å². The van der Waals surface area contributed by atoms with E-state index in [4.69, 9.17) is 14.2 Å². The van der Waals surface area contributed by atoms with Gasteiger partial charge in [-0.25, -0.2) is 9.78 Å². The normalized spacial score (nSPS) is 16.3. The van der Waals surface area contributed by atoms with Gasteiger partial charge in [0, 0.05) is 26.8 Å². The van der Waals surface area contributed by atoms with E-state index in [-0.39, 0.29) is 23.7 Å². The van der Waals surface area contributed by atoms with Gasteiger partial charge in [0.05, 0.1) is 41.7 Å². The second-order valence-corrected chi connectivity index (χ2v) is 7.63. The lowest BCUT2D eigenvalue weighted by molar-refractivity contribution is -0.119. The molecule has 1 amide bonds. The number of nitrogens with zero attached hydrogens (tertiary/aromatic N) is 2. The van der Waals surface area contributed by atoms with Gasteiger partial charge in [-0.1, -0.05) is 11.8 Å². The number of nitrogens with one attached hydrogen (secondary N) is 1. The maximum Gasteiger partial charge on any atom is 0.338 e. The Morgan fingerprint density at radius 2 is 2.28 bits per heavy atom. The minimum atomic E-state index is -0.372. The number of hydrogen-bond acceptors (Lipinski definition) is 7. The van der Waals surface area contributed by atoms with Crippen LogP contribution in [0.15, 0.2) is 23.4 Å². The molecule has 1 aliphatic heterocycles. The molecule has 1 atom stereocenters. The molecular formula is C20H27N3O5S. The van der Waals surface area contributed by atoms with E-state index in [1.165, 1.54) is 11.8 Å². The molecule has 0 spiro atoms. The van der Waals surface area contributed by atoms with Crippen molar-refractivity contribution in [3.05, 3.63) is 23.8 Å². The highest BCUT2D eigenvalue weighted by molar-refractivity contribution is 7.99. The highest BCUT2D eigenvalue weighted by atomic mass is 32.2. The second-order valence-electron chi connectivity index (χ2n) is 6.69. The minimum Gasteiger partial charge on any atom is -0.462 e. The Hall–Kier alpha value is -2.10. The number of fused-ring (bicyclic) bond motifs is 1. The molecule has 0 aliphatic carbocycles. The lowest BCUT2D eigenvalue weighted by Crippen LogP contribution is -2.32. The number of rotatable bonds is 10. The first-order chi connectivity index (χ1) is 14.1. The number of aromatic nitrogens is 2. The number of amides is 1. The second kappa shape index (κ2) is 10.6. The van der Waals surface area contributed by atoms with Crippen molar-refractivity contribution in [3.8, 4) is 0 Å². The maximum atomic E-state index is 12.2. The number of hydrogen-bond donors (Lipinski definition) is 1. The zero-order valence-electron chi connectivity index (χ0n) is 16.8. The monoisotopic (exact) mass is 421 g/mol. The van der Waals surface area contributed by atoms with Crippen molar-refractivity contribution in [1.29, 1.82) is 0 Å². The first-order valence-electron chi connectivity index (χ1n) is 9.79. The van der Waals surface area contributed by atoms with Gasteiger partial charge in [0.15, 0.2) is 5.16 Å². The standard InChI is InChI=1S/C20H27N3O5S/c1-3-27-19(25)14-6-7-17-16(11-14)22-20(23(17)8-10-26-2)29-13-18(24)21-12-15-5-4-9-28-15/h6-7,11,15H,3-5,8-10,12-13H2,1-2H3,(H,21,24). The molecule has 0 bridgehead atoms. The summed E-state index contributed by atoms with van der Waals surface area (Å²) < 4.78 is 17.8. The molecule has 1 aliphatic rings. The van der Waals surface area contributed by atoms with Crippen LogP contribution in [0.1, 0.15) is 30.1 Å². The van der Waals surface area contributed by atoms with Crippen molar-refractivity contribution in [2.75, 3.05) is 39.2 Å². The van der Waals surface area contributed by atoms with Crippen LogP contribution in [0.25, 0.3) is 11.0 Å². The van der Waals surface area contributed by atoms with Crippen LogP contribution in [0.5, 0.6) is 0 Å². The molecule has 1 aromatic heterocycles. The van der Waals surface area contributed by atoms with Gasteiger partial charge in [-0.05, 0) is 38.0 Å². The van der Waals surface area contributed by atoms with Crippen LogP contribution < -0.4 is 5.32 Å². The van der Waals surface area contributed by atoms with Gasteiger partial charge in [0.25, 0.3) is 0 Å². The van der Waals surface area contributed by atoms with E-state index >= 15 is 0 Å². The van der Waals surface area contributed by atoms with Gasteiger partial charge in [-0.3, -0.25) is 4.79 Å². The first-order valence-corrected chi connectivity index (χ1v) is 10.8. The third-order valence-electron chi connectivity index (χ3n) is 4.63. The number of ether oxygens (including phenoxy) is 3. The molecule has 3 rings (SSSR count). The summed E-state index contributed by atoms with van der Waals surface area (Å²) in [6.45, 7) is 4.53. The zero-order chi connectivity index (χ0) is 20.6. The van der Waals surface area contributed by atoms with Gasteiger partial charge in [0.1, 0.15) is 0 Å². The molecule has 1 N–H and O–H groups in total. The average molecular weight is 422 g/mol. The van der Waals surface area contributed by atoms with Gasteiger partial charge in [-0.15, -0.1) is 0 Å². The zero-order valence-corrected chi connectivity index (χ0v) is 17.6. The van der Waals surface area contributed by atoms with Crippen molar-refractivity contribution in [1.82, 2.24) is 14.9 Å². The fourth-order valence-corrected chi connectivity index (χ4v) is 4.04. The summed E-state index contributed by atoms with van der Waals surface area (Å²) in [6, 6.07) is 5.30. The molecule has 9 heteroatoms. The predicted octanol–water partition coefficient (Wildman–Crippen LogP) is 2.25. The Morgan fingerprint density at radius 1 is 1.41 bits per heavy atom. The van der Waals surface area contributed by atoms with E-state index in [1.807, 2.05) is 10.6 Å². The van der Waals surface area contributed by atoms with Crippen molar-refractivity contribution < 1.29 is 23.8 Å². The highest BCUT2D eigenvalue weighted by Crippen LogP contribution is 2.25. The van der Waals surface area contributed by atoms with Crippen LogP contribution in [-0.2, 0) is 25.5 Å². The highest BCUT2D eigenvalue weighted by Gasteiger charge is 2.18. The van der Waals surface area contributed by atoms with Crippen LogP contribution in [0.2, 0.25) is 0 Å². The molecule has 2 aromatic rings. The number of methoxy groups -OCH3 is 1. The maximum absolute atomic E-state index is 12.2. The van der Waals surface area contributed by atoms with Gasteiger partial charge in [-0.2, -0.15) is 0 Å². The van der Waals surface area contributed by atoms with E-state index in [9.17, 15) is 9.59 Å². The molecule has 1 saturated heterocycles. The quantitative estimate of drug-likeness (QED) is 0.465. The summed E-state index contributed by atoms with van der Waals surface area (Å²) in [7, 11) is 1.64. The van der Waals surface area contributed by atoms with Crippen LogP contribution in [0.3, 0.4) is 0 Å². The topological polar surface area (TPSA) is 91.7 Å². The molecule has 29 heavy (non-hydrogen) atoms. The third-order valence-corrected chi connectivity index (χ3v) is 5.60. The Labute approximate surface area is 174 Å². The number of thioether (sulfide) groups is 1. The summed E-state index contributed by atoms with van der Waals surface area (Å²) in [6.07, 6.45) is 2.16. The Kier molecular flexibility index (Phi) is 7.91. The van der Waals surface area contributed by atoms with Gasteiger partial charge < -0.3 is 24.1 Å². The minimum absolute atomic E-state index is 0.0527. The average Bonchev–Trinajstić information content (AvgIpc) is 3.36. The summed E-state index contributed by atoms with van der Waals surface area (Å²) in [5, 5.41) is 3.63. The predicted molar refractivity (Wildman–Crippen MR) is 110 cm³/mol. The molecule has 1 fully saturated rings. The van der Waals surface area contributed by atoms with E-state index in [2.05, 4.69) is 10.3 Å². The summed E-state index contributed by atoms with van der Waals surface area (Å²) in [5.74, 6) is -0.167. The number of carbonyl (C=O) groups is 2. The third kappa shape index (κ3) is 5.71. The number of esters is 1. The van der Waals surface area contributed by atoms with E-state index in [1.54, 1.807) is 26.2 Å². The van der Waals surface area contributed by atoms with Crippen LogP contribution in [0.4, 0.5) is 0 Å². The molecule has 0 saturated carbocycles. The Morgan fingerprint density at radius 3 is 3.00 bits per heavy atom. The van der Waals surface area contributed by atoms with Crippen LogP contribution >= 0.6 is 11.8 Å². The Bertz CT molecular complexity index is 848. The van der Waals surface area contributed by atoms with Crippen molar-refractivity contribution in [3.63, 3.8) is 0 Å². The summed E-state index contributed by atoms with van der Waals surface area (Å²) in [4.78, 5) is 28.9. The lowest BCUT2D eigenvalue weighted by Gasteiger charge is -2.11. The molecule has 1 unspecified atom stereocenters. The lowest BCUT2D eigenvalue weighted by atomic mass is 10.2. The number of carbonyl (C=O) groups excluding carboxylic acids is 2. The first kappa shape index (κ1) is 21.6. The fourth-order valence-electron chi connectivity index (χ4n) is 3.17. The van der Waals surface area contributed by atoms with E-state index < -0.39 is 0 Å². The van der Waals surface area contributed by atoms with E-state index in [0.29, 0.717) is 42.5 Å². The molecule has 158 valence electrons. The fraction of sp³-hybridized carbons (Fsp3) is 0.550. The van der Waals surface area contributed by atoms with Crippen LogP contribution in [-0.4, -0.2) is 66.8 Å². The van der Waals surface area contributed by atoms with Crippen molar-refractivity contribution >= 4 is 34.7 Å². The van der Waals surface area contributed by atoms with Gasteiger partial charge in [0.2, 0.25) is 5.91 Å². The summed E-state index contributed by atoms with van der Waals surface area (Å²) in [5.41, 5.74) is 2.04. The van der Waals surface area contributed by atoms with Crippen molar-refractivity contribution in [2.24, 2.45) is 0 Å².